The third-order valence-corrected chi connectivity index (χ3v) is 13.4. The highest BCUT2D eigenvalue weighted by Crippen LogP contribution is 2.39. The second-order valence-electron chi connectivity index (χ2n) is 17.8. The van der Waals surface area contributed by atoms with Gasteiger partial charge in [-0.1, -0.05) is 6.92 Å². The summed E-state index contributed by atoms with van der Waals surface area (Å²) in [5.74, 6) is 5.35. The minimum absolute atomic E-state index is 0.132. The summed E-state index contributed by atoms with van der Waals surface area (Å²) in [6.07, 6.45) is -56.6. The van der Waals surface area contributed by atoms with E-state index in [2.05, 4.69) is 4.52 Å². The molecule has 12 unspecified atom stereocenters. The van der Waals surface area contributed by atoms with Gasteiger partial charge in [0.05, 0.1) is 39.1 Å². The second kappa shape index (κ2) is 25.6. The Bertz CT molecular complexity index is 1710. The number of aliphatic hydroxyl groups is 17. The number of phosphoric acid groups is 1. The molecule has 6 aliphatic rings. The van der Waals surface area contributed by atoms with Gasteiger partial charge in [-0.05, 0) is 6.42 Å². The van der Waals surface area contributed by atoms with Gasteiger partial charge in [0.15, 0.2) is 31.5 Å². The van der Waals surface area contributed by atoms with Gasteiger partial charge < -0.3 is 149 Å². The minimum atomic E-state index is -5.18. The van der Waals surface area contributed by atoms with Crippen LogP contribution in [0.2, 0.25) is 0 Å². The van der Waals surface area contributed by atoms with Gasteiger partial charge in [0.25, 0.3) is 0 Å². The van der Waals surface area contributed by atoms with E-state index >= 15 is 0 Å². The molecule has 0 bridgehead atoms. The van der Waals surface area contributed by atoms with Crippen molar-refractivity contribution in [1.29, 1.82) is 0 Å². The molecule has 0 radical (unpaired) electrons. The molecule has 0 aromatic heterocycles. The highest BCUT2D eigenvalue weighted by Gasteiger charge is 2.56. The highest BCUT2D eigenvalue weighted by molar-refractivity contribution is 7.46. The topological polar surface area (TPSA) is 547 Å². The standard InChI is InChI=1S/C37H66NO33P/c1-2-8-14(41)20(47)26(53)33(62-8)69-30-23(50)15(42)9(3-39)63-36(30)60-5-11-17(44)21(48)25(52)32(65-11)59-6-12-19(46)29(28(55)35(67-12)71-38)68-37-31(24(51)16(43)10(4-40)64-37)70-34-27(54)22(49)18(45)13(66-34)7-61-72(56,57)58/h8-37,39-55H,2-7,38H2,1H3,(H2,56,57,58)/t8?,9?,10?,11?,12?,13?,14-,15-,16-,17-,18-,19-,20-,21-,22-,23-,24-,25?,26?,27?,28?,29-,30?,31?,32+,33-,34-,35-,36+,37-/m0/s1. The normalized spacial score (nSPS) is 50.7. The number of hydrogen-bond donors (Lipinski definition) is 20. The molecule has 6 saturated heterocycles. The lowest BCUT2D eigenvalue weighted by Crippen LogP contribution is -2.67. The van der Waals surface area contributed by atoms with Crippen LogP contribution >= 0.6 is 7.82 Å². The van der Waals surface area contributed by atoms with Gasteiger partial charge in [-0.3, -0.25) is 9.36 Å². The maximum Gasteiger partial charge on any atom is 0.469 e. The maximum atomic E-state index is 11.5. The zero-order valence-corrected chi connectivity index (χ0v) is 38.7. The summed E-state index contributed by atoms with van der Waals surface area (Å²) < 4.78 is 77.5. The molecular formula is C37H66NO33P. The molecule has 0 spiro atoms. The number of hydrogen-bond acceptors (Lipinski definition) is 32. The van der Waals surface area contributed by atoms with E-state index in [1.54, 1.807) is 6.92 Å². The van der Waals surface area contributed by atoms with Crippen LogP contribution in [0, 0.1) is 0 Å². The van der Waals surface area contributed by atoms with Gasteiger partial charge in [0.2, 0.25) is 6.29 Å². The molecule has 21 N–H and O–H groups in total. The Hall–Kier alpha value is -1.09. The molecule has 0 saturated carbocycles. The van der Waals surface area contributed by atoms with Crippen LogP contribution in [0.25, 0.3) is 0 Å². The van der Waals surface area contributed by atoms with Crippen molar-refractivity contribution < 1.29 is 163 Å². The van der Waals surface area contributed by atoms with Crippen molar-refractivity contribution in [3.8, 4) is 0 Å². The van der Waals surface area contributed by atoms with Crippen LogP contribution in [0.5, 0.6) is 0 Å². The van der Waals surface area contributed by atoms with Crippen LogP contribution in [0.3, 0.4) is 0 Å². The summed E-state index contributed by atoms with van der Waals surface area (Å²) in [5.41, 5.74) is 0. The van der Waals surface area contributed by atoms with Crippen molar-refractivity contribution in [1.82, 2.24) is 0 Å². The number of ether oxygens (including phenoxy) is 11. The predicted octanol–water partition coefficient (Wildman–Crippen LogP) is -12.7. The lowest BCUT2D eigenvalue weighted by atomic mass is 9.96. The first-order valence-corrected chi connectivity index (χ1v) is 24.0. The van der Waals surface area contributed by atoms with Gasteiger partial charge in [0, 0.05) is 0 Å². The summed E-state index contributed by atoms with van der Waals surface area (Å²) in [4.78, 5) is 22.9. The van der Waals surface area contributed by atoms with E-state index in [1.807, 2.05) is 0 Å². The first-order chi connectivity index (χ1) is 33.9. The van der Waals surface area contributed by atoms with Crippen molar-refractivity contribution in [2.75, 3.05) is 33.0 Å². The number of nitrogens with two attached hydrogens (primary N) is 1. The third-order valence-electron chi connectivity index (χ3n) is 13.0. The van der Waals surface area contributed by atoms with Gasteiger partial charge in [0.1, 0.15) is 140 Å². The fourth-order valence-corrected chi connectivity index (χ4v) is 9.04. The Labute approximate surface area is 406 Å². The van der Waals surface area contributed by atoms with E-state index in [4.69, 9.17) is 72.6 Å². The lowest BCUT2D eigenvalue weighted by Gasteiger charge is -2.48. The van der Waals surface area contributed by atoms with E-state index in [-0.39, 0.29) is 6.42 Å². The average Bonchev–Trinajstić information content (AvgIpc) is 3.35. The van der Waals surface area contributed by atoms with Crippen LogP contribution in [0.15, 0.2) is 0 Å². The monoisotopic (exact) mass is 1080 g/mol. The zero-order valence-electron chi connectivity index (χ0n) is 37.8. The average molecular weight is 1080 g/mol. The Morgan fingerprint density at radius 2 is 0.750 bits per heavy atom. The van der Waals surface area contributed by atoms with Crippen LogP contribution < -0.4 is 5.90 Å². The quantitative estimate of drug-likeness (QED) is 0.0422. The van der Waals surface area contributed by atoms with Crippen molar-refractivity contribution in [3.63, 3.8) is 0 Å². The predicted molar refractivity (Wildman–Crippen MR) is 216 cm³/mol. The fourth-order valence-electron chi connectivity index (χ4n) is 8.70. The van der Waals surface area contributed by atoms with E-state index in [1.165, 1.54) is 0 Å². The summed E-state index contributed by atoms with van der Waals surface area (Å²) in [6, 6.07) is 0. The molecule has 6 rings (SSSR count). The lowest BCUT2D eigenvalue weighted by molar-refractivity contribution is -0.391. The van der Waals surface area contributed by atoms with Crippen LogP contribution in [-0.2, 0) is 66.0 Å². The first kappa shape index (κ1) is 60.1. The van der Waals surface area contributed by atoms with E-state index < -0.39 is 225 Å². The van der Waals surface area contributed by atoms with Crippen LogP contribution in [0.1, 0.15) is 13.3 Å². The first-order valence-electron chi connectivity index (χ1n) is 22.5. The van der Waals surface area contributed by atoms with Gasteiger partial charge >= 0.3 is 7.82 Å². The van der Waals surface area contributed by atoms with E-state index in [9.17, 15) is 91.4 Å². The fraction of sp³-hybridized carbons (Fsp3) is 1.00. The van der Waals surface area contributed by atoms with Crippen LogP contribution in [-0.4, -0.2) is 314 Å². The molecule has 72 heavy (non-hydrogen) atoms. The van der Waals surface area contributed by atoms with Crippen molar-refractivity contribution in [2.45, 2.75) is 198 Å². The Balaban J connectivity index is 1.14. The molecule has 6 aliphatic heterocycles. The molecule has 0 aromatic carbocycles. The third kappa shape index (κ3) is 13.2. The maximum absolute atomic E-state index is 11.5. The summed E-state index contributed by atoms with van der Waals surface area (Å²) >= 11 is 0. The summed E-state index contributed by atoms with van der Waals surface area (Å²) in [6.45, 7) is -3.05. The SMILES string of the molecule is CCC1O[C@@H](OC2[C@H](OCC3O[C@@H](OCC4O[C@@H](ON)C(O)[C@@H](O[C@@H]5OC(CO)[C@H](O)[C@H](O)C5O[C@@H]5OC(COP(=O)(O)O)[C@H](O)[C@H](O)C5O)[C@H]4O)C(O)[C@@H](O)[C@H]3O)OC(CO)[C@H](O)[C@@H]2O)C(O)[C@@H](O)[C@H]1O. The molecule has 0 aromatic rings. The summed E-state index contributed by atoms with van der Waals surface area (Å²) in [7, 11) is -5.18. The Morgan fingerprint density at radius 1 is 0.389 bits per heavy atom. The molecule has 422 valence electrons. The van der Waals surface area contributed by atoms with Crippen molar-refractivity contribution in [2.24, 2.45) is 5.90 Å². The van der Waals surface area contributed by atoms with Crippen molar-refractivity contribution >= 4 is 7.82 Å². The molecule has 35 heteroatoms. The van der Waals surface area contributed by atoms with Gasteiger partial charge in [-0.2, -0.15) is 0 Å². The minimum Gasteiger partial charge on any atom is -0.394 e. The van der Waals surface area contributed by atoms with E-state index in [0.717, 1.165) is 0 Å². The summed E-state index contributed by atoms with van der Waals surface area (Å²) in [5, 5.41) is 181. The molecule has 6 heterocycles. The highest BCUT2D eigenvalue weighted by atomic mass is 31.2. The molecule has 6 fully saturated rings. The van der Waals surface area contributed by atoms with Crippen LogP contribution in [0.4, 0.5) is 0 Å². The molecule has 34 nitrogen and oxygen atoms in total. The van der Waals surface area contributed by atoms with E-state index in [0.29, 0.717) is 0 Å². The Morgan fingerprint density at radius 3 is 1.24 bits per heavy atom. The molecule has 0 aliphatic carbocycles. The number of aliphatic hydroxyl groups excluding tert-OH is 17. The van der Waals surface area contributed by atoms with Crippen molar-refractivity contribution in [3.05, 3.63) is 0 Å². The molecule has 30 atom stereocenters. The number of rotatable bonds is 19. The molecule has 0 amide bonds. The second-order valence-corrected chi connectivity index (χ2v) is 19.0. The zero-order chi connectivity index (χ0) is 53.3. The van der Waals surface area contributed by atoms with Gasteiger partial charge in [-0.15, -0.1) is 0 Å². The largest absolute Gasteiger partial charge is 0.469 e. The Kier molecular flexibility index (Phi) is 21.4. The van der Waals surface area contributed by atoms with Gasteiger partial charge in [-0.25, -0.2) is 10.5 Å². The smallest absolute Gasteiger partial charge is 0.394 e. The molecular weight excluding hydrogens is 1020 g/mol. The number of phosphoric ester groups is 1.